The van der Waals surface area contributed by atoms with E-state index in [-0.39, 0.29) is 15.9 Å². The number of ether oxygens (including phenoxy) is 2. The highest BCUT2D eigenvalue weighted by Crippen LogP contribution is 2.29. The van der Waals surface area contributed by atoms with Crippen LogP contribution >= 0.6 is 0 Å². The lowest BCUT2D eigenvalue weighted by Crippen LogP contribution is -2.32. The summed E-state index contributed by atoms with van der Waals surface area (Å²) in [5.41, 5.74) is 0.468. The van der Waals surface area contributed by atoms with Gasteiger partial charge in [-0.2, -0.15) is 4.98 Å². The zero-order chi connectivity index (χ0) is 11.7. The minimum Gasteiger partial charge on any atom is -0.594 e. The Kier molecular flexibility index (Phi) is 2.35. The molecule has 7 nitrogen and oxygen atoms in total. The second kappa shape index (κ2) is 3.69. The van der Waals surface area contributed by atoms with Crippen LogP contribution in [0.3, 0.4) is 0 Å². The van der Waals surface area contributed by atoms with Gasteiger partial charge in [-0.3, -0.25) is 0 Å². The highest BCUT2D eigenvalue weighted by atomic mass is 16.5. The van der Waals surface area contributed by atoms with Crippen LogP contribution in [0.4, 0.5) is 0 Å². The second-order valence-electron chi connectivity index (χ2n) is 2.98. The summed E-state index contributed by atoms with van der Waals surface area (Å²) in [4.78, 5) is 3.99. The molecule has 0 amide bonds. The van der Waals surface area contributed by atoms with Crippen molar-refractivity contribution in [2.45, 2.75) is 0 Å². The van der Waals surface area contributed by atoms with Crippen molar-refractivity contribution >= 4 is 11.0 Å². The van der Waals surface area contributed by atoms with Crippen molar-refractivity contribution in [3.63, 3.8) is 0 Å². The van der Waals surface area contributed by atoms with Crippen molar-refractivity contribution < 1.29 is 19.4 Å². The average Bonchev–Trinajstić information content (AvgIpc) is 2.27. The van der Waals surface area contributed by atoms with Gasteiger partial charge in [0.1, 0.15) is 5.52 Å². The fourth-order valence-corrected chi connectivity index (χ4v) is 1.37. The number of aromatic nitrogens is 3. The maximum atomic E-state index is 11.4. The number of fused-ring (bicyclic) bond motifs is 1. The van der Waals surface area contributed by atoms with E-state index in [0.717, 1.165) is 0 Å². The normalized spacial score (nSPS) is 10.4. The van der Waals surface area contributed by atoms with Crippen LogP contribution in [0.2, 0.25) is 0 Å². The average molecular weight is 223 g/mol. The van der Waals surface area contributed by atoms with E-state index in [9.17, 15) is 5.21 Å². The molecular weight excluding hydrogens is 214 g/mol. The SMILES string of the molecule is COc1cc2nc(O)n[n+]([O-])c2cc1OC. The van der Waals surface area contributed by atoms with E-state index in [2.05, 4.69) is 10.1 Å². The van der Waals surface area contributed by atoms with Crippen LogP contribution in [0.5, 0.6) is 17.5 Å². The van der Waals surface area contributed by atoms with Gasteiger partial charge in [0, 0.05) is 6.07 Å². The lowest BCUT2D eigenvalue weighted by atomic mass is 10.2. The third-order valence-electron chi connectivity index (χ3n) is 2.09. The summed E-state index contributed by atoms with van der Waals surface area (Å²) < 4.78 is 10.1. The van der Waals surface area contributed by atoms with Gasteiger partial charge in [-0.05, 0) is 4.85 Å². The van der Waals surface area contributed by atoms with E-state index >= 15 is 0 Å². The monoisotopic (exact) mass is 223 g/mol. The summed E-state index contributed by atoms with van der Waals surface area (Å²) in [6.07, 6.45) is 0. The summed E-state index contributed by atoms with van der Waals surface area (Å²) in [7, 11) is 2.93. The fraction of sp³-hybridized carbons (Fsp3) is 0.222. The van der Waals surface area contributed by atoms with Crippen LogP contribution in [0.1, 0.15) is 0 Å². The molecule has 0 aliphatic heterocycles. The van der Waals surface area contributed by atoms with E-state index in [1.165, 1.54) is 26.4 Å². The molecule has 0 bridgehead atoms. The lowest BCUT2D eigenvalue weighted by molar-refractivity contribution is -0.643. The maximum Gasteiger partial charge on any atom is 0.378 e. The van der Waals surface area contributed by atoms with Crippen molar-refractivity contribution in [2.24, 2.45) is 0 Å². The molecule has 1 heterocycles. The van der Waals surface area contributed by atoms with Crippen LogP contribution in [-0.2, 0) is 0 Å². The van der Waals surface area contributed by atoms with E-state index in [1.54, 1.807) is 0 Å². The van der Waals surface area contributed by atoms with E-state index in [1.807, 2.05) is 0 Å². The Morgan fingerprint density at radius 2 is 1.88 bits per heavy atom. The first-order valence-corrected chi connectivity index (χ1v) is 4.38. The van der Waals surface area contributed by atoms with Crippen molar-refractivity contribution in [3.8, 4) is 17.5 Å². The van der Waals surface area contributed by atoms with Crippen LogP contribution < -0.4 is 14.3 Å². The van der Waals surface area contributed by atoms with Crippen molar-refractivity contribution in [2.75, 3.05) is 14.2 Å². The summed E-state index contributed by atoms with van der Waals surface area (Å²) in [5.74, 6) is 0.821. The van der Waals surface area contributed by atoms with Crippen molar-refractivity contribution in [1.29, 1.82) is 0 Å². The molecule has 1 N–H and O–H groups in total. The summed E-state index contributed by atoms with van der Waals surface area (Å²) >= 11 is 0. The molecule has 2 aromatic rings. The van der Waals surface area contributed by atoms with Gasteiger partial charge in [-0.15, -0.1) is 0 Å². The molecule has 16 heavy (non-hydrogen) atoms. The first kappa shape index (κ1) is 10.2. The molecule has 0 atom stereocenters. The Morgan fingerprint density at radius 1 is 1.25 bits per heavy atom. The van der Waals surface area contributed by atoms with Gasteiger partial charge in [0.25, 0.3) is 5.52 Å². The quantitative estimate of drug-likeness (QED) is 0.568. The minimum absolute atomic E-state index is 0.190. The van der Waals surface area contributed by atoms with E-state index in [4.69, 9.17) is 14.6 Å². The Labute approximate surface area is 90.4 Å². The number of aromatic hydroxyl groups is 1. The van der Waals surface area contributed by atoms with Gasteiger partial charge < -0.3 is 19.8 Å². The van der Waals surface area contributed by atoms with Crippen molar-refractivity contribution in [3.05, 3.63) is 17.3 Å². The highest BCUT2D eigenvalue weighted by Gasteiger charge is 2.15. The number of hydrogen-bond acceptors (Lipinski definition) is 6. The molecule has 84 valence electrons. The predicted molar refractivity (Wildman–Crippen MR) is 53.3 cm³/mol. The zero-order valence-corrected chi connectivity index (χ0v) is 8.67. The first-order valence-electron chi connectivity index (χ1n) is 4.38. The van der Waals surface area contributed by atoms with Gasteiger partial charge in [0.2, 0.25) is 0 Å². The van der Waals surface area contributed by atoms with Gasteiger partial charge >= 0.3 is 6.01 Å². The molecule has 2 rings (SSSR count). The van der Waals surface area contributed by atoms with Gasteiger partial charge in [-0.25, -0.2) is 0 Å². The Morgan fingerprint density at radius 3 is 2.50 bits per heavy atom. The Bertz CT molecular complexity index is 544. The summed E-state index contributed by atoms with van der Waals surface area (Å²) in [6.45, 7) is 0. The molecule has 1 aromatic heterocycles. The fourth-order valence-electron chi connectivity index (χ4n) is 1.37. The molecule has 0 saturated carbocycles. The smallest absolute Gasteiger partial charge is 0.378 e. The standard InChI is InChI=1S/C9H9N3O4/c1-15-7-3-5-6(4-8(7)16-2)12(14)11-9(13)10-5/h3-4H,1-2H3,(H,10,11,13). The number of benzene rings is 1. The highest BCUT2D eigenvalue weighted by molar-refractivity contribution is 5.76. The largest absolute Gasteiger partial charge is 0.594 e. The lowest BCUT2D eigenvalue weighted by Gasteiger charge is -2.07. The molecule has 7 heteroatoms. The Hall–Kier alpha value is -2.31. The molecule has 0 spiro atoms. The number of rotatable bonds is 2. The summed E-state index contributed by atoms with van der Waals surface area (Å²) in [6, 6.07) is 2.35. The Balaban J connectivity index is 2.78. The van der Waals surface area contributed by atoms with Gasteiger partial charge in [0.05, 0.1) is 25.4 Å². The number of hydrogen-bond donors (Lipinski definition) is 1. The van der Waals surface area contributed by atoms with Crippen LogP contribution in [0.15, 0.2) is 12.1 Å². The third kappa shape index (κ3) is 1.52. The van der Waals surface area contributed by atoms with E-state index in [0.29, 0.717) is 11.5 Å². The first-order chi connectivity index (χ1) is 7.65. The van der Waals surface area contributed by atoms with Crippen LogP contribution in [0, 0.1) is 5.21 Å². The maximum absolute atomic E-state index is 11.4. The molecule has 0 radical (unpaired) electrons. The molecule has 0 aliphatic carbocycles. The molecule has 0 aliphatic rings. The van der Waals surface area contributed by atoms with E-state index < -0.39 is 6.01 Å². The zero-order valence-electron chi connectivity index (χ0n) is 8.67. The number of nitrogens with zero attached hydrogens (tertiary/aromatic N) is 3. The minimum atomic E-state index is -0.588. The molecular formula is C9H9N3O4. The number of methoxy groups -OCH3 is 2. The van der Waals surface area contributed by atoms with Gasteiger partial charge in [-0.1, -0.05) is 0 Å². The predicted octanol–water partition coefficient (Wildman–Crippen LogP) is -0.0140. The van der Waals surface area contributed by atoms with Crippen LogP contribution in [-0.4, -0.2) is 29.4 Å². The topological polar surface area (TPSA) is 91.4 Å². The van der Waals surface area contributed by atoms with Crippen LogP contribution in [0.25, 0.3) is 11.0 Å². The molecule has 0 saturated heterocycles. The van der Waals surface area contributed by atoms with Crippen molar-refractivity contribution in [1.82, 2.24) is 10.1 Å². The molecule has 0 unspecified atom stereocenters. The molecule has 0 fully saturated rings. The molecule has 1 aromatic carbocycles. The second-order valence-corrected chi connectivity index (χ2v) is 2.98. The van der Waals surface area contributed by atoms with Gasteiger partial charge in [0.15, 0.2) is 11.5 Å². The third-order valence-corrected chi connectivity index (χ3v) is 2.09. The summed E-state index contributed by atoms with van der Waals surface area (Å²) in [5, 5.41) is 23.7.